The molecular weight excluding hydrogens is 344 g/mol. The molecule has 5 heavy (non-hydrogen) atoms. The molecule has 0 amide bonds. The Morgan fingerprint density at radius 1 is 1.80 bits per heavy atom. The molecule has 5 heteroatoms. The van der Waals surface area contributed by atoms with Crippen molar-refractivity contribution in [1.29, 1.82) is 0 Å². The van der Waals surface area contributed by atoms with Crippen LogP contribution in [0, 0.1) is 0 Å². The Hall–Kier alpha value is 3.19. The Labute approximate surface area is 109 Å². The second-order valence-electron chi connectivity index (χ2n) is 0.0745. The van der Waals surface area contributed by atoms with Gasteiger partial charge >= 0.3 is 77.4 Å². The molecule has 0 aliphatic carbocycles. The van der Waals surface area contributed by atoms with Gasteiger partial charge in [-0.15, -0.1) is 0 Å². The zero-order valence-corrected chi connectivity index (χ0v) is 11.7. The van der Waals surface area contributed by atoms with E-state index < -0.39 is 18.9 Å². The quantitative estimate of drug-likeness (QED) is 0.461. The van der Waals surface area contributed by atoms with Crippen LogP contribution >= 0.6 is 0 Å². The maximum absolute atomic E-state index is 8.65. The summed E-state index contributed by atoms with van der Waals surface area (Å²) >= 11 is -2.00. The molecule has 24 valence electrons. The van der Waals surface area contributed by atoms with Crippen LogP contribution in [-0.4, -0.2) is 3.76 Å². The van der Waals surface area contributed by atoms with Crippen LogP contribution in [0.1, 0.15) is 1.43 Å². The summed E-state index contributed by atoms with van der Waals surface area (Å²) in [6.07, 6.45) is 0. The molecule has 0 fully saturated rings. The van der Waals surface area contributed by atoms with E-state index in [2.05, 4.69) is 0 Å². The Balaban J connectivity index is -0.00000000667. The SMILES string of the molecule is [H-].[K+].[O]=[W][OH].[Y]. The van der Waals surface area contributed by atoms with E-state index in [0.29, 0.717) is 0 Å². The summed E-state index contributed by atoms with van der Waals surface area (Å²) in [5.74, 6) is 0. The van der Waals surface area contributed by atoms with Gasteiger partial charge in [-0.3, -0.25) is 0 Å². The van der Waals surface area contributed by atoms with Crippen molar-refractivity contribution in [3.8, 4) is 0 Å². The molecule has 0 aromatic heterocycles. The van der Waals surface area contributed by atoms with E-state index in [1.165, 1.54) is 0 Å². The Kier molecular flexibility index (Phi) is 49.3. The number of hydrogen-bond donors (Lipinski definition) is 1. The maximum atomic E-state index is 8.65. The molecule has 0 saturated heterocycles. The fraction of sp³-hybridized carbons (Fsp3) is 0. The van der Waals surface area contributed by atoms with Crippen LogP contribution in [-0.2, 0) is 55.0 Å². The van der Waals surface area contributed by atoms with Gasteiger partial charge in [0.2, 0.25) is 0 Å². The third kappa shape index (κ3) is 19.0. The van der Waals surface area contributed by atoms with Gasteiger partial charge in [-0.05, 0) is 0 Å². The van der Waals surface area contributed by atoms with E-state index in [9.17, 15) is 0 Å². The zero-order chi connectivity index (χ0) is 2.71. The molecule has 0 bridgehead atoms. The standard InChI is InChI=1S/K.H2O.O.W.Y.H/h;1H2;;;;/q+1;;;+1;;-1/p-1. The minimum Gasteiger partial charge on any atom is 0 e. The first-order valence-corrected chi connectivity index (χ1v) is 2.86. The van der Waals surface area contributed by atoms with Crippen LogP contribution in [0.25, 0.3) is 0 Å². The average Bonchev–Trinajstić information content (AvgIpc) is 0.918. The molecule has 0 aromatic rings. The first kappa shape index (κ1) is 15.7. The zero-order valence-electron chi connectivity index (χ0n) is 3.84. The summed E-state index contributed by atoms with van der Waals surface area (Å²) in [6, 6.07) is 0. The summed E-state index contributed by atoms with van der Waals surface area (Å²) in [7, 11) is 0. The molecule has 0 aliphatic heterocycles. The monoisotopic (exact) mass is 346 g/mol. The van der Waals surface area contributed by atoms with Gasteiger partial charge in [-0.2, -0.15) is 0 Å². The average molecular weight is 346 g/mol. The molecule has 0 rings (SSSR count). The van der Waals surface area contributed by atoms with Gasteiger partial charge in [-0.1, -0.05) is 0 Å². The fourth-order valence-corrected chi connectivity index (χ4v) is 0. The molecule has 0 aromatic carbocycles. The molecule has 1 radical (unpaired) electrons. The molecule has 0 atom stereocenters. The Bertz CT molecular complexity index is 21.0. The van der Waals surface area contributed by atoms with Gasteiger partial charge in [0.25, 0.3) is 0 Å². The van der Waals surface area contributed by atoms with Gasteiger partial charge < -0.3 is 1.43 Å². The smallest absolute Gasteiger partial charge is 0 e. The van der Waals surface area contributed by atoms with Gasteiger partial charge in [0, 0.05) is 32.7 Å². The van der Waals surface area contributed by atoms with E-state index in [1.807, 2.05) is 0 Å². The molecule has 0 aliphatic rings. The second kappa shape index (κ2) is 15.7. The van der Waals surface area contributed by atoms with Crippen molar-refractivity contribution >= 4 is 0 Å². The van der Waals surface area contributed by atoms with E-state index >= 15 is 0 Å². The first-order valence-electron chi connectivity index (χ1n) is 0.349. The van der Waals surface area contributed by atoms with Gasteiger partial charge in [0.05, 0.1) is 0 Å². The maximum Gasteiger partial charge on any atom is 0 e. The summed E-state index contributed by atoms with van der Waals surface area (Å²) in [5.41, 5.74) is 0. The fourth-order valence-electron chi connectivity index (χ4n) is 0. The number of rotatable bonds is 0. The Morgan fingerprint density at radius 3 is 1.80 bits per heavy atom. The summed E-state index contributed by atoms with van der Waals surface area (Å²) in [5, 5.41) is 0. The summed E-state index contributed by atoms with van der Waals surface area (Å²) < 4.78 is 15.8. The molecular formula is H2KO2WY. The van der Waals surface area contributed by atoms with Crippen molar-refractivity contribution in [1.82, 2.24) is 0 Å². The van der Waals surface area contributed by atoms with Crippen molar-refractivity contribution in [2.45, 2.75) is 0 Å². The second-order valence-corrected chi connectivity index (χ2v) is 0.610. The molecule has 2 nitrogen and oxygen atoms in total. The predicted octanol–water partition coefficient (Wildman–Crippen LogP) is -3.56. The van der Waals surface area contributed by atoms with Gasteiger partial charge in [-0.25, -0.2) is 0 Å². The van der Waals surface area contributed by atoms with E-state index in [4.69, 9.17) is 7.16 Å². The Morgan fingerprint density at radius 2 is 1.80 bits per heavy atom. The van der Waals surface area contributed by atoms with Crippen LogP contribution in [0.3, 0.4) is 0 Å². The van der Waals surface area contributed by atoms with Crippen molar-refractivity contribution in [2.24, 2.45) is 0 Å². The van der Waals surface area contributed by atoms with Crippen molar-refractivity contribution in [3.05, 3.63) is 0 Å². The molecule has 0 saturated carbocycles. The van der Waals surface area contributed by atoms with E-state index in [-0.39, 0.29) is 85.5 Å². The molecule has 0 unspecified atom stereocenters. The third-order valence-corrected chi connectivity index (χ3v) is 0. The van der Waals surface area contributed by atoms with Crippen molar-refractivity contribution in [2.75, 3.05) is 0 Å². The first-order chi connectivity index (χ1) is 1.41. The number of hydrogen-bond acceptors (Lipinski definition) is 1. The molecule has 0 spiro atoms. The molecule has 1 N–H and O–H groups in total. The van der Waals surface area contributed by atoms with Crippen molar-refractivity contribution < 1.29 is 112 Å². The van der Waals surface area contributed by atoms with Crippen molar-refractivity contribution in [3.63, 3.8) is 0 Å². The summed E-state index contributed by atoms with van der Waals surface area (Å²) in [4.78, 5) is 0. The largest absolute Gasteiger partial charge is 0 e. The van der Waals surface area contributed by atoms with E-state index in [1.54, 1.807) is 0 Å². The van der Waals surface area contributed by atoms with Gasteiger partial charge in [0.15, 0.2) is 0 Å². The van der Waals surface area contributed by atoms with Crippen LogP contribution in [0.5, 0.6) is 0 Å². The third-order valence-electron chi connectivity index (χ3n) is 0. The van der Waals surface area contributed by atoms with E-state index in [0.717, 1.165) is 0 Å². The topological polar surface area (TPSA) is 37.3 Å². The normalized spacial score (nSPS) is 2.60. The minimum atomic E-state index is -2.00. The van der Waals surface area contributed by atoms with Crippen LogP contribution < -0.4 is 51.4 Å². The minimum absolute atomic E-state index is 0. The van der Waals surface area contributed by atoms with Crippen LogP contribution in [0.4, 0.5) is 0 Å². The predicted molar refractivity (Wildman–Crippen MR) is 4.02 cm³/mol. The van der Waals surface area contributed by atoms with Crippen LogP contribution in [0.2, 0.25) is 0 Å². The van der Waals surface area contributed by atoms with Gasteiger partial charge in [0.1, 0.15) is 0 Å². The molecule has 0 heterocycles. The summed E-state index contributed by atoms with van der Waals surface area (Å²) in [6.45, 7) is 0. The van der Waals surface area contributed by atoms with Crippen LogP contribution in [0.15, 0.2) is 0 Å².